The monoisotopic (exact) mass is 301 g/mol. The first-order valence-corrected chi connectivity index (χ1v) is 7.99. The number of fused-ring (bicyclic) bond motifs is 1. The molecule has 1 aromatic heterocycles. The number of carbonyl (C=O) groups is 1. The molecule has 1 aromatic carbocycles. The van der Waals surface area contributed by atoms with Crippen molar-refractivity contribution < 1.29 is 9.90 Å². The maximum atomic E-state index is 11.1. The highest BCUT2D eigenvalue weighted by atomic mass is 16.4. The molecule has 0 amide bonds. The predicted molar refractivity (Wildman–Crippen MR) is 87.1 cm³/mol. The number of imidazole rings is 1. The summed E-state index contributed by atoms with van der Waals surface area (Å²) in [6.45, 7) is 6.86. The molecule has 22 heavy (non-hydrogen) atoms. The van der Waals surface area contributed by atoms with Gasteiger partial charge in [0.15, 0.2) is 0 Å². The lowest BCUT2D eigenvalue weighted by Gasteiger charge is -2.31. The van der Waals surface area contributed by atoms with Crippen LogP contribution >= 0.6 is 0 Å². The molecule has 1 aliphatic heterocycles. The van der Waals surface area contributed by atoms with Crippen molar-refractivity contribution in [1.29, 1.82) is 0 Å². The predicted octanol–water partition coefficient (Wildman–Crippen LogP) is 2.99. The molecule has 2 aromatic rings. The SMILES string of the molecule is CC(C)Cn1c(N2CCC(C(=O)O)CC2)nc2ccccc21. The lowest BCUT2D eigenvalue weighted by Crippen LogP contribution is -2.38. The number of rotatable bonds is 4. The molecule has 0 atom stereocenters. The molecule has 3 rings (SSSR count). The van der Waals surface area contributed by atoms with E-state index in [0.29, 0.717) is 18.8 Å². The van der Waals surface area contributed by atoms with Gasteiger partial charge in [0.05, 0.1) is 17.0 Å². The van der Waals surface area contributed by atoms with Crippen LogP contribution in [0.1, 0.15) is 26.7 Å². The normalized spacial score (nSPS) is 16.6. The summed E-state index contributed by atoms with van der Waals surface area (Å²) in [5.74, 6) is 0.640. The van der Waals surface area contributed by atoms with Crippen molar-refractivity contribution in [2.45, 2.75) is 33.2 Å². The number of carboxylic acids is 1. The van der Waals surface area contributed by atoms with Gasteiger partial charge in [0.2, 0.25) is 5.95 Å². The standard InChI is InChI=1S/C17H23N3O2/c1-12(2)11-20-15-6-4-3-5-14(15)18-17(20)19-9-7-13(8-10-19)16(21)22/h3-6,12-13H,7-11H2,1-2H3,(H,21,22). The highest BCUT2D eigenvalue weighted by Crippen LogP contribution is 2.27. The van der Waals surface area contributed by atoms with Gasteiger partial charge >= 0.3 is 5.97 Å². The van der Waals surface area contributed by atoms with Gasteiger partial charge in [-0.3, -0.25) is 4.79 Å². The Hall–Kier alpha value is -2.04. The molecule has 0 bridgehead atoms. The molecule has 0 aliphatic carbocycles. The number of benzene rings is 1. The van der Waals surface area contributed by atoms with E-state index in [2.05, 4.69) is 29.4 Å². The fourth-order valence-corrected chi connectivity index (χ4v) is 3.18. The Morgan fingerprint density at radius 2 is 2.00 bits per heavy atom. The van der Waals surface area contributed by atoms with Gasteiger partial charge in [-0.25, -0.2) is 4.98 Å². The van der Waals surface area contributed by atoms with E-state index in [4.69, 9.17) is 10.1 Å². The van der Waals surface area contributed by atoms with E-state index in [1.54, 1.807) is 0 Å². The number of anilines is 1. The largest absolute Gasteiger partial charge is 0.481 e. The van der Waals surface area contributed by atoms with Crippen LogP contribution < -0.4 is 4.90 Å². The second-order valence-electron chi connectivity index (χ2n) is 6.50. The van der Waals surface area contributed by atoms with E-state index in [-0.39, 0.29) is 5.92 Å². The van der Waals surface area contributed by atoms with Crippen molar-refractivity contribution in [3.8, 4) is 0 Å². The molecule has 0 spiro atoms. The third-order valence-corrected chi connectivity index (χ3v) is 4.31. The molecule has 0 saturated carbocycles. The molecular formula is C17H23N3O2. The van der Waals surface area contributed by atoms with Crippen molar-refractivity contribution in [2.75, 3.05) is 18.0 Å². The highest BCUT2D eigenvalue weighted by Gasteiger charge is 2.27. The molecule has 0 unspecified atom stereocenters. The summed E-state index contributed by atoms with van der Waals surface area (Å²) in [6.07, 6.45) is 1.39. The van der Waals surface area contributed by atoms with Gasteiger partial charge in [-0.1, -0.05) is 26.0 Å². The first kappa shape index (κ1) is 14.9. The molecule has 118 valence electrons. The number of carboxylic acid groups (broad SMARTS) is 1. The average molecular weight is 301 g/mol. The van der Waals surface area contributed by atoms with Gasteiger partial charge in [0.25, 0.3) is 0 Å². The van der Waals surface area contributed by atoms with Crippen LogP contribution in [0.15, 0.2) is 24.3 Å². The molecule has 1 aliphatic rings. The van der Waals surface area contributed by atoms with Crippen LogP contribution in [0.4, 0.5) is 5.95 Å². The van der Waals surface area contributed by atoms with Crippen LogP contribution in [0, 0.1) is 11.8 Å². The van der Waals surface area contributed by atoms with E-state index >= 15 is 0 Å². The van der Waals surface area contributed by atoms with Crippen LogP contribution in [0.5, 0.6) is 0 Å². The third kappa shape index (κ3) is 2.80. The van der Waals surface area contributed by atoms with E-state index in [1.165, 1.54) is 0 Å². The lowest BCUT2D eigenvalue weighted by atomic mass is 9.97. The number of hydrogen-bond acceptors (Lipinski definition) is 3. The average Bonchev–Trinajstić information content (AvgIpc) is 2.86. The smallest absolute Gasteiger partial charge is 0.306 e. The zero-order valence-corrected chi connectivity index (χ0v) is 13.2. The second-order valence-corrected chi connectivity index (χ2v) is 6.50. The second kappa shape index (κ2) is 5.99. The first-order chi connectivity index (χ1) is 10.6. The van der Waals surface area contributed by atoms with Crippen molar-refractivity contribution in [2.24, 2.45) is 11.8 Å². The van der Waals surface area contributed by atoms with Gasteiger partial charge in [-0.05, 0) is 30.9 Å². The topological polar surface area (TPSA) is 58.4 Å². The Balaban J connectivity index is 1.91. The van der Waals surface area contributed by atoms with Crippen molar-refractivity contribution in [3.63, 3.8) is 0 Å². The minimum Gasteiger partial charge on any atom is -0.481 e. The molecule has 1 N–H and O–H groups in total. The van der Waals surface area contributed by atoms with E-state index in [0.717, 1.165) is 36.6 Å². The summed E-state index contributed by atoms with van der Waals surface area (Å²) in [4.78, 5) is 18.2. The number of aromatic nitrogens is 2. The molecular weight excluding hydrogens is 278 g/mol. The number of piperidine rings is 1. The molecule has 5 nitrogen and oxygen atoms in total. The van der Waals surface area contributed by atoms with Crippen LogP contribution in [0.3, 0.4) is 0 Å². The summed E-state index contributed by atoms with van der Waals surface area (Å²) in [6, 6.07) is 8.20. The Bertz CT molecular complexity index is 670. The number of para-hydroxylation sites is 2. The van der Waals surface area contributed by atoms with Crippen LogP contribution in [0.25, 0.3) is 11.0 Å². The zero-order valence-electron chi connectivity index (χ0n) is 13.2. The Kier molecular flexibility index (Phi) is 4.05. The minimum atomic E-state index is -0.671. The van der Waals surface area contributed by atoms with Gasteiger partial charge in [0.1, 0.15) is 0 Å². The minimum absolute atomic E-state index is 0.209. The van der Waals surface area contributed by atoms with Crippen molar-refractivity contribution in [3.05, 3.63) is 24.3 Å². The molecule has 0 radical (unpaired) electrons. The molecule has 2 heterocycles. The number of aliphatic carboxylic acids is 1. The van der Waals surface area contributed by atoms with Gasteiger partial charge < -0.3 is 14.6 Å². The summed E-state index contributed by atoms with van der Waals surface area (Å²) in [5.41, 5.74) is 2.17. The Morgan fingerprint density at radius 1 is 1.32 bits per heavy atom. The summed E-state index contributed by atoms with van der Waals surface area (Å²) in [7, 11) is 0. The van der Waals surface area contributed by atoms with Gasteiger partial charge in [0, 0.05) is 19.6 Å². The Morgan fingerprint density at radius 3 is 2.64 bits per heavy atom. The molecule has 1 saturated heterocycles. The van der Waals surface area contributed by atoms with Crippen molar-refractivity contribution in [1.82, 2.24) is 9.55 Å². The zero-order chi connectivity index (χ0) is 15.7. The van der Waals surface area contributed by atoms with Crippen LogP contribution in [-0.4, -0.2) is 33.7 Å². The quantitative estimate of drug-likeness (QED) is 0.943. The van der Waals surface area contributed by atoms with Gasteiger partial charge in [-0.2, -0.15) is 0 Å². The maximum Gasteiger partial charge on any atom is 0.306 e. The summed E-state index contributed by atoms with van der Waals surface area (Å²) < 4.78 is 2.28. The van der Waals surface area contributed by atoms with Crippen LogP contribution in [-0.2, 0) is 11.3 Å². The van der Waals surface area contributed by atoms with E-state index in [9.17, 15) is 4.79 Å². The fraction of sp³-hybridized carbons (Fsp3) is 0.529. The summed E-state index contributed by atoms with van der Waals surface area (Å²) in [5, 5.41) is 9.14. The van der Waals surface area contributed by atoms with Gasteiger partial charge in [-0.15, -0.1) is 0 Å². The van der Waals surface area contributed by atoms with Crippen LogP contribution in [0.2, 0.25) is 0 Å². The summed E-state index contributed by atoms with van der Waals surface area (Å²) >= 11 is 0. The lowest BCUT2D eigenvalue weighted by molar-refractivity contribution is -0.142. The fourth-order valence-electron chi connectivity index (χ4n) is 3.18. The van der Waals surface area contributed by atoms with Crippen molar-refractivity contribution >= 4 is 23.0 Å². The highest BCUT2D eigenvalue weighted by molar-refractivity contribution is 5.79. The molecule has 5 heteroatoms. The third-order valence-electron chi connectivity index (χ3n) is 4.31. The molecule has 1 fully saturated rings. The number of nitrogens with zero attached hydrogens (tertiary/aromatic N) is 3. The van der Waals surface area contributed by atoms with E-state index < -0.39 is 5.97 Å². The Labute approximate surface area is 130 Å². The van der Waals surface area contributed by atoms with E-state index in [1.807, 2.05) is 18.2 Å². The first-order valence-electron chi connectivity index (χ1n) is 7.99. The maximum absolute atomic E-state index is 11.1. The number of hydrogen-bond donors (Lipinski definition) is 1.